The van der Waals surface area contributed by atoms with E-state index in [1.807, 2.05) is 0 Å². The van der Waals surface area contributed by atoms with E-state index in [2.05, 4.69) is 35.8 Å². The van der Waals surface area contributed by atoms with Crippen LogP contribution in [0.4, 0.5) is 0 Å². The van der Waals surface area contributed by atoms with Crippen molar-refractivity contribution in [3.05, 3.63) is 34.9 Å². The molecule has 1 aromatic rings. The molecule has 4 nitrogen and oxygen atoms in total. The van der Waals surface area contributed by atoms with Gasteiger partial charge >= 0.3 is 0 Å². The Kier molecular flexibility index (Phi) is 3.57. The van der Waals surface area contributed by atoms with Crippen LogP contribution in [0.5, 0.6) is 0 Å². The molecule has 3 rings (SSSR count). The maximum Gasteiger partial charge on any atom is 0.243 e. The molecule has 1 fully saturated rings. The maximum absolute atomic E-state index is 11.8. The largest absolute Gasteiger partial charge is 0.299 e. The number of benzene rings is 1. The number of amides is 2. The molecular formula is C16H20N2O2. The van der Waals surface area contributed by atoms with E-state index in [4.69, 9.17) is 0 Å². The Morgan fingerprint density at radius 1 is 1.20 bits per heavy atom. The van der Waals surface area contributed by atoms with Gasteiger partial charge in [-0.3, -0.25) is 20.2 Å². The van der Waals surface area contributed by atoms with Gasteiger partial charge in [-0.1, -0.05) is 18.2 Å². The van der Waals surface area contributed by atoms with Gasteiger partial charge in [0.2, 0.25) is 11.8 Å². The average molecular weight is 272 g/mol. The lowest BCUT2D eigenvalue weighted by Crippen LogP contribution is -2.51. The van der Waals surface area contributed by atoms with Crippen LogP contribution in [0.3, 0.4) is 0 Å². The second-order valence-corrected chi connectivity index (χ2v) is 5.77. The minimum Gasteiger partial charge on any atom is -0.299 e. The number of imide groups is 1. The summed E-state index contributed by atoms with van der Waals surface area (Å²) >= 11 is 0. The summed E-state index contributed by atoms with van der Waals surface area (Å²) in [5.41, 5.74) is 4.12. The highest BCUT2D eigenvalue weighted by atomic mass is 16.2. The molecule has 1 aliphatic carbocycles. The first-order valence-electron chi connectivity index (χ1n) is 7.35. The first kappa shape index (κ1) is 13.3. The Bertz CT molecular complexity index is 553. The molecular weight excluding hydrogens is 252 g/mol. The smallest absolute Gasteiger partial charge is 0.243 e. The predicted molar refractivity (Wildman–Crippen MR) is 76.2 cm³/mol. The van der Waals surface area contributed by atoms with Gasteiger partial charge in [-0.25, -0.2) is 0 Å². The van der Waals surface area contributed by atoms with E-state index < -0.39 is 0 Å². The van der Waals surface area contributed by atoms with Gasteiger partial charge < -0.3 is 0 Å². The summed E-state index contributed by atoms with van der Waals surface area (Å²) in [6, 6.07) is 6.46. The lowest BCUT2D eigenvalue weighted by molar-refractivity contribution is -0.134. The van der Waals surface area contributed by atoms with Gasteiger partial charge in [0, 0.05) is 12.5 Å². The van der Waals surface area contributed by atoms with Crippen molar-refractivity contribution in [3.8, 4) is 0 Å². The van der Waals surface area contributed by atoms with Crippen molar-refractivity contribution in [2.24, 2.45) is 0 Å². The number of hydrogen-bond donors (Lipinski definition) is 2. The molecule has 0 bridgehead atoms. The van der Waals surface area contributed by atoms with E-state index in [0.717, 1.165) is 6.42 Å². The second-order valence-electron chi connectivity index (χ2n) is 5.77. The van der Waals surface area contributed by atoms with Crippen LogP contribution in [0.25, 0.3) is 0 Å². The Hall–Kier alpha value is -1.68. The number of hydrogen-bond acceptors (Lipinski definition) is 3. The minimum atomic E-state index is -0.268. The molecule has 106 valence electrons. The molecule has 1 aliphatic heterocycles. The quantitative estimate of drug-likeness (QED) is 0.822. The fourth-order valence-corrected chi connectivity index (χ4v) is 3.11. The van der Waals surface area contributed by atoms with E-state index in [0.29, 0.717) is 12.8 Å². The fourth-order valence-electron chi connectivity index (χ4n) is 3.11. The standard InChI is InChI=1S/C16H20N2O2/c1-10(17-14-7-8-15(19)18-16(14)20)12-6-5-11-3-2-4-13(11)9-12/h5-6,9-10,14,17H,2-4,7-8H2,1H3,(H,18,19,20). The molecule has 2 amide bonds. The minimum absolute atomic E-state index is 0.116. The van der Waals surface area contributed by atoms with Gasteiger partial charge in [-0.2, -0.15) is 0 Å². The summed E-state index contributed by atoms with van der Waals surface area (Å²) in [7, 11) is 0. The van der Waals surface area contributed by atoms with Crippen LogP contribution in [-0.4, -0.2) is 17.9 Å². The maximum atomic E-state index is 11.8. The van der Waals surface area contributed by atoms with E-state index in [-0.39, 0.29) is 23.9 Å². The molecule has 2 atom stereocenters. The van der Waals surface area contributed by atoms with Crippen LogP contribution in [0, 0.1) is 0 Å². The number of aryl methyl sites for hydroxylation is 2. The lowest BCUT2D eigenvalue weighted by atomic mass is 9.99. The highest BCUT2D eigenvalue weighted by Crippen LogP contribution is 2.25. The Labute approximate surface area is 118 Å². The molecule has 2 aliphatic rings. The third-order valence-corrected chi connectivity index (χ3v) is 4.31. The van der Waals surface area contributed by atoms with Crippen molar-refractivity contribution in [1.82, 2.24) is 10.6 Å². The highest BCUT2D eigenvalue weighted by Gasteiger charge is 2.27. The van der Waals surface area contributed by atoms with Crippen LogP contribution < -0.4 is 10.6 Å². The average Bonchev–Trinajstić information content (AvgIpc) is 2.89. The van der Waals surface area contributed by atoms with Crippen molar-refractivity contribution >= 4 is 11.8 Å². The SMILES string of the molecule is CC(NC1CCC(=O)NC1=O)c1ccc2c(c1)CCC2. The summed E-state index contributed by atoms with van der Waals surface area (Å²) in [6.07, 6.45) is 4.59. The number of fused-ring (bicyclic) bond motifs is 1. The highest BCUT2D eigenvalue weighted by molar-refractivity contribution is 6.00. The van der Waals surface area contributed by atoms with Crippen LogP contribution in [0.1, 0.15) is 48.9 Å². The molecule has 2 unspecified atom stereocenters. The summed E-state index contributed by atoms with van der Waals surface area (Å²) in [5.74, 6) is -0.368. The molecule has 20 heavy (non-hydrogen) atoms. The van der Waals surface area contributed by atoms with E-state index in [9.17, 15) is 9.59 Å². The van der Waals surface area contributed by atoms with Gasteiger partial charge in [0.15, 0.2) is 0 Å². The van der Waals surface area contributed by atoms with Gasteiger partial charge in [0.1, 0.15) is 0 Å². The zero-order valence-corrected chi connectivity index (χ0v) is 11.7. The zero-order valence-electron chi connectivity index (χ0n) is 11.7. The number of rotatable bonds is 3. The summed E-state index contributed by atoms with van der Waals surface area (Å²) < 4.78 is 0. The molecule has 1 heterocycles. The van der Waals surface area contributed by atoms with Gasteiger partial charge in [-0.05, 0) is 49.3 Å². The van der Waals surface area contributed by atoms with Crippen molar-refractivity contribution in [3.63, 3.8) is 0 Å². The Balaban J connectivity index is 1.68. The topological polar surface area (TPSA) is 58.2 Å². The number of nitrogens with one attached hydrogen (secondary N) is 2. The molecule has 0 saturated carbocycles. The number of carbonyl (C=O) groups is 2. The number of carbonyl (C=O) groups excluding carboxylic acids is 2. The van der Waals surface area contributed by atoms with Crippen molar-refractivity contribution in [2.75, 3.05) is 0 Å². The summed E-state index contributed by atoms with van der Waals surface area (Å²) in [6.45, 7) is 2.07. The molecule has 0 aromatic heterocycles. The third kappa shape index (κ3) is 2.61. The van der Waals surface area contributed by atoms with Crippen LogP contribution in [-0.2, 0) is 22.4 Å². The van der Waals surface area contributed by atoms with Crippen LogP contribution in [0.2, 0.25) is 0 Å². The molecule has 1 aromatic carbocycles. The van der Waals surface area contributed by atoms with E-state index >= 15 is 0 Å². The molecule has 4 heteroatoms. The zero-order chi connectivity index (χ0) is 14.1. The van der Waals surface area contributed by atoms with Crippen molar-refractivity contribution < 1.29 is 9.59 Å². The predicted octanol–water partition coefficient (Wildman–Crippen LogP) is 1.63. The van der Waals surface area contributed by atoms with Crippen LogP contribution >= 0.6 is 0 Å². The van der Waals surface area contributed by atoms with Gasteiger partial charge in [0.25, 0.3) is 0 Å². The monoisotopic (exact) mass is 272 g/mol. The van der Waals surface area contributed by atoms with Crippen molar-refractivity contribution in [2.45, 2.75) is 51.1 Å². The Morgan fingerprint density at radius 3 is 2.80 bits per heavy atom. The molecule has 2 N–H and O–H groups in total. The second kappa shape index (κ2) is 5.37. The van der Waals surface area contributed by atoms with E-state index in [1.54, 1.807) is 0 Å². The third-order valence-electron chi connectivity index (χ3n) is 4.31. The van der Waals surface area contributed by atoms with E-state index in [1.165, 1.54) is 29.5 Å². The Morgan fingerprint density at radius 2 is 2.00 bits per heavy atom. The van der Waals surface area contributed by atoms with Crippen molar-refractivity contribution in [1.29, 1.82) is 0 Å². The first-order valence-corrected chi connectivity index (χ1v) is 7.35. The summed E-state index contributed by atoms with van der Waals surface area (Å²) in [5, 5.41) is 5.72. The molecule has 0 spiro atoms. The molecule has 1 saturated heterocycles. The first-order chi connectivity index (χ1) is 9.63. The van der Waals surface area contributed by atoms with Gasteiger partial charge in [0.05, 0.1) is 6.04 Å². The number of piperidine rings is 1. The van der Waals surface area contributed by atoms with Gasteiger partial charge in [-0.15, -0.1) is 0 Å². The molecule has 0 radical (unpaired) electrons. The van der Waals surface area contributed by atoms with Crippen LogP contribution in [0.15, 0.2) is 18.2 Å². The normalized spacial score (nSPS) is 23.4. The lowest BCUT2D eigenvalue weighted by Gasteiger charge is -2.26. The fraction of sp³-hybridized carbons (Fsp3) is 0.500. The summed E-state index contributed by atoms with van der Waals surface area (Å²) in [4.78, 5) is 22.9.